The van der Waals surface area contributed by atoms with Crippen LogP contribution in [-0.4, -0.2) is 5.48 Å². The molecule has 0 fully saturated rings. The van der Waals surface area contributed by atoms with Crippen molar-refractivity contribution in [2.75, 3.05) is 0 Å². The Morgan fingerprint density at radius 3 is 1.17 bits per heavy atom. The summed E-state index contributed by atoms with van der Waals surface area (Å²) in [5, 5.41) is 0. The maximum absolute atomic E-state index is 9.62. The van der Waals surface area contributed by atoms with E-state index in [1.165, 1.54) is 0 Å². The Bertz CT molecular complexity index is 54.9. The van der Waals surface area contributed by atoms with E-state index >= 15 is 0 Å². The molecule has 0 bridgehead atoms. The molecule has 0 radical (unpaired) electrons. The predicted molar refractivity (Wildman–Crippen MR) is 21.9 cm³/mol. The van der Waals surface area contributed by atoms with Crippen LogP contribution in [0.1, 0.15) is 0 Å². The van der Waals surface area contributed by atoms with Gasteiger partial charge in [0.2, 0.25) is 0 Å². The first kappa shape index (κ1) is 10.4. The molecular weight excluding hydrogens is 319 g/mol. The van der Waals surface area contributed by atoms with E-state index in [9.17, 15) is 3.25 Å². The van der Waals surface area contributed by atoms with Gasteiger partial charge in [-0.1, -0.05) is 0 Å². The van der Waals surface area contributed by atoms with Crippen LogP contribution in [-0.2, 0) is 17.1 Å². The second-order valence-electron chi connectivity index (χ2n) is 0.399. The Morgan fingerprint density at radius 1 is 1.17 bits per heavy atom. The van der Waals surface area contributed by atoms with Gasteiger partial charge in [-0.15, -0.1) is 0 Å². The molecular formula is H2Cl3O2Ta. The van der Waals surface area contributed by atoms with Gasteiger partial charge in [0.05, 0.1) is 0 Å². The van der Waals surface area contributed by atoms with Crippen molar-refractivity contribution in [3.8, 4) is 0 Å². The van der Waals surface area contributed by atoms with Crippen LogP contribution >= 0.6 is 27.6 Å². The fourth-order valence-corrected chi connectivity index (χ4v) is 0. The third-order valence-electron chi connectivity index (χ3n) is 0. The van der Waals surface area contributed by atoms with Gasteiger partial charge < -0.3 is 5.48 Å². The molecule has 0 unspecified atom stereocenters. The van der Waals surface area contributed by atoms with E-state index in [1.807, 2.05) is 0 Å². The first-order valence-corrected chi connectivity index (χ1v) is 13.9. The van der Waals surface area contributed by atoms with Crippen LogP contribution < -0.4 is 0 Å². The molecule has 6 heteroatoms. The molecule has 0 saturated carbocycles. The van der Waals surface area contributed by atoms with Crippen molar-refractivity contribution >= 4 is 27.6 Å². The molecule has 0 heterocycles. The average Bonchev–Trinajstić information content (AvgIpc) is 0.722. The Labute approximate surface area is 50.0 Å². The molecule has 0 saturated heterocycles. The zero-order valence-electron chi connectivity index (χ0n) is 2.49. The maximum atomic E-state index is 9.62. The first-order chi connectivity index (χ1) is 2.00. The van der Waals surface area contributed by atoms with Gasteiger partial charge in [0.15, 0.2) is 0 Å². The summed E-state index contributed by atoms with van der Waals surface area (Å²) in [7, 11) is 14.2. The van der Waals surface area contributed by atoms with E-state index in [2.05, 4.69) is 0 Å². The van der Waals surface area contributed by atoms with Gasteiger partial charge in [0.25, 0.3) is 0 Å². The molecule has 0 aliphatic carbocycles. The molecule has 2 nitrogen and oxygen atoms in total. The normalized spacial score (nSPS) is 9.83. The van der Waals surface area contributed by atoms with Crippen LogP contribution in [0, 0.1) is 0 Å². The molecule has 0 amide bonds. The average molecular weight is 321 g/mol. The number of hydrogen-bond donors (Lipinski definition) is 0. The van der Waals surface area contributed by atoms with Crippen LogP contribution in [0.3, 0.4) is 0 Å². The molecule has 6 heavy (non-hydrogen) atoms. The summed E-state index contributed by atoms with van der Waals surface area (Å²) >= 11 is -4.06. The second-order valence-corrected chi connectivity index (χ2v) is 19.2. The monoisotopic (exact) mass is 320 g/mol. The fourth-order valence-electron chi connectivity index (χ4n) is 0. The van der Waals surface area contributed by atoms with Gasteiger partial charge in [-0.3, -0.25) is 0 Å². The van der Waals surface area contributed by atoms with E-state index in [0.717, 1.165) is 0 Å². The van der Waals surface area contributed by atoms with Crippen LogP contribution in [0.2, 0.25) is 0 Å². The Morgan fingerprint density at radius 2 is 1.17 bits per heavy atom. The van der Waals surface area contributed by atoms with Crippen molar-refractivity contribution < 1.29 is 22.6 Å². The van der Waals surface area contributed by atoms with Gasteiger partial charge in [0, 0.05) is 0 Å². The quantitative estimate of drug-likeness (QED) is 0.660. The van der Waals surface area contributed by atoms with Crippen molar-refractivity contribution in [2.45, 2.75) is 0 Å². The van der Waals surface area contributed by atoms with Gasteiger partial charge in [-0.05, 0) is 0 Å². The SMILES string of the molecule is O.[O]=[Ta]([Cl])([Cl])[Cl]. The van der Waals surface area contributed by atoms with Crippen molar-refractivity contribution in [2.24, 2.45) is 0 Å². The zero-order valence-corrected chi connectivity index (χ0v) is 7.97. The summed E-state index contributed by atoms with van der Waals surface area (Å²) in [5.74, 6) is 0. The molecule has 0 spiro atoms. The van der Waals surface area contributed by atoms with Crippen LogP contribution in [0.25, 0.3) is 0 Å². The van der Waals surface area contributed by atoms with Crippen molar-refractivity contribution in [3.05, 3.63) is 0 Å². The van der Waals surface area contributed by atoms with Crippen molar-refractivity contribution in [3.63, 3.8) is 0 Å². The standard InChI is InChI=1S/3ClH.H2O.O.Ta/h3*1H;1H2;;/q;;;;;+3/p-3. The van der Waals surface area contributed by atoms with Crippen molar-refractivity contribution in [1.82, 2.24) is 0 Å². The van der Waals surface area contributed by atoms with Crippen molar-refractivity contribution in [1.29, 1.82) is 0 Å². The first-order valence-electron chi connectivity index (χ1n) is 0.690. The fraction of sp³-hybridized carbons (Fsp3) is 0. The summed E-state index contributed by atoms with van der Waals surface area (Å²) in [5.41, 5.74) is 0. The van der Waals surface area contributed by atoms with Gasteiger partial charge in [-0.2, -0.15) is 0 Å². The Balaban J connectivity index is 0. The van der Waals surface area contributed by atoms with E-state index < -0.39 is 13.9 Å². The summed E-state index contributed by atoms with van der Waals surface area (Å²) in [6.45, 7) is 0. The van der Waals surface area contributed by atoms with E-state index in [0.29, 0.717) is 0 Å². The topological polar surface area (TPSA) is 48.6 Å². The predicted octanol–water partition coefficient (Wildman–Crippen LogP) is 1.12. The molecule has 0 aromatic carbocycles. The Kier molecular flexibility index (Phi) is 5.85. The third kappa shape index (κ3) is 54.6. The number of halogens is 3. The Hall–Kier alpha value is 1.37. The van der Waals surface area contributed by atoms with Gasteiger partial charge in [0.1, 0.15) is 0 Å². The van der Waals surface area contributed by atoms with E-state index in [4.69, 9.17) is 27.6 Å². The number of rotatable bonds is 0. The van der Waals surface area contributed by atoms with Crippen LogP contribution in [0.5, 0.6) is 0 Å². The molecule has 0 aromatic rings. The van der Waals surface area contributed by atoms with Crippen LogP contribution in [0.4, 0.5) is 0 Å². The second kappa shape index (κ2) is 3.38. The van der Waals surface area contributed by atoms with E-state index in [1.54, 1.807) is 0 Å². The third-order valence-corrected chi connectivity index (χ3v) is 0. The molecule has 0 aliphatic rings. The minimum absolute atomic E-state index is 0. The van der Waals surface area contributed by atoms with Crippen LogP contribution in [0.15, 0.2) is 0 Å². The van der Waals surface area contributed by atoms with Gasteiger partial charge in [-0.25, -0.2) is 0 Å². The number of hydrogen-bond acceptors (Lipinski definition) is 1. The summed E-state index contributed by atoms with van der Waals surface area (Å²) < 4.78 is 9.62. The molecule has 0 atom stereocenters. The summed E-state index contributed by atoms with van der Waals surface area (Å²) in [6, 6.07) is 0. The molecule has 40 valence electrons. The van der Waals surface area contributed by atoms with E-state index in [-0.39, 0.29) is 5.48 Å². The summed E-state index contributed by atoms with van der Waals surface area (Å²) in [4.78, 5) is 0. The molecule has 0 aromatic heterocycles. The molecule has 2 N–H and O–H groups in total. The summed E-state index contributed by atoms with van der Waals surface area (Å²) in [6.07, 6.45) is 0. The molecule has 0 aliphatic heterocycles. The zero-order chi connectivity index (χ0) is 4.50. The molecule has 0 rings (SSSR count). The minimum atomic E-state index is -4.06. The van der Waals surface area contributed by atoms with Gasteiger partial charge >= 0.3 is 44.7 Å².